The highest BCUT2D eigenvalue weighted by Gasteiger charge is 2.37. The van der Waals surface area contributed by atoms with E-state index in [1.54, 1.807) is 25.3 Å². The molecule has 2 unspecified atom stereocenters. The van der Waals surface area contributed by atoms with Gasteiger partial charge in [0.05, 0.1) is 33.0 Å². The van der Waals surface area contributed by atoms with Crippen molar-refractivity contribution in [1.82, 2.24) is 15.3 Å². The molecule has 3 aromatic rings. The smallest absolute Gasteiger partial charge is 0.330 e. The van der Waals surface area contributed by atoms with Gasteiger partial charge in [-0.25, -0.2) is 9.78 Å². The number of aromatic nitrogens is 2. The summed E-state index contributed by atoms with van der Waals surface area (Å²) in [5.41, 5.74) is 2.21. The molecule has 3 N–H and O–H groups in total. The van der Waals surface area contributed by atoms with Crippen molar-refractivity contribution < 1.29 is 23.9 Å². The number of fused-ring (bicyclic) bond motifs is 1. The van der Waals surface area contributed by atoms with Crippen molar-refractivity contribution in [3.8, 4) is 11.5 Å². The third-order valence-electron chi connectivity index (χ3n) is 8.17. The molecule has 0 bridgehead atoms. The number of benzene rings is 2. The summed E-state index contributed by atoms with van der Waals surface area (Å²) in [5.74, 6) is 0.926. The predicted octanol–water partition coefficient (Wildman–Crippen LogP) is 6.32. The van der Waals surface area contributed by atoms with Crippen molar-refractivity contribution in [3.63, 3.8) is 0 Å². The van der Waals surface area contributed by atoms with Gasteiger partial charge in [0.1, 0.15) is 27.4 Å². The molecule has 248 valence electrons. The average molecular weight is 683 g/mol. The van der Waals surface area contributed by atoms with Gasteiger partial charge in [0.25, 0.3) is 0 Å². The molecule has 1 saturated carbocycles. The number of amides is 4. The molecule has 0 saturated heterocycles. The average Bonchev–Trinajstić information content (AvgIpc) is 3.07. The van der Waals surface area contributed by atoms with E-state index in [9.17, 15) is 14.4 Å². The van der Waals surface area contributed by atoms with Crippen molar-refractivity contribution in [2.45, 2.75) is 64.2 Å². The summed E-state index contributed by atoms with van der Waals surface area (Å²) < 4.78 is 10.9. The zero-order valence-corrected chi connectivity index (χ0v) is 28.0. The summed E-state index contributed by atoms with van der Waals surface area (Å²) >= 11 is 13.5. The molecule has 2 aliphatic rings. The van der Waals surface area contributed by atoms with E-state index < -0.39 is 6.03 Å². The van der Waals surface area contributed by atoms with Crippen molar-refractivity contribution >= 4 is 64.2 Å². The maximum Gasteiger partial charge on any atom is 0.330 e. The molecule has 4 amide bonds. The fourth-order valence-corrected chi connectivity index (χ4v) is 6.48. The monoisotopic (exact) mass is 681 g/mol. The normalized spacial score (nSPS) is 17.4. The van der Waals surface area contributed by atoms with Gasteiger partial charge in [-0.3, -0.25) is 19.4 Å². The van der Waals surface area contributed by atoms with Crippen molar-refractivity contribution in [2.75, 3.05) is 34.7 Å². The minimum absolute atomic E-state index is 0.0642. The molecule has 1 aliphatic heterocycles. The van der Waals surface area contributed by atoms with E-state index in [2.05, 4.69) is 27.5 Å². The highest BCUT2D eigenvalue weighted by Crippen LogP contribution is 2.48. The van der Waals surface area contributed by atoms with Gasteiger partial charge in [0.2, 0.25) is 17.8 Å². The van der Waals surface area contributed by atoms with Crippen LogP contribution in [0.3, 0.4) is 0 Å². The number of methoxy groups -OCH3 is 2. The van der Waals surface area contributed by atoms with Crippen LogP contribution in [0, 0.1) is 0 Å². The van der Waals surface area contributed by atoms with Crippen LogP contribution in [0.4, 0.5) is 27.9 Å². The van der Waals surface area contributed by atoms with Crippen LogP contribution >= 0.6 is 23.2 Å². The molecule has 2 atom stereocenters. The molecule has 14 heteroatoms. The number of hydrogen-bond acceptors (Lipinski definition) is 8. The summed E-state index contributed by atoms with van der Waals surface area (Å²) in [7, 11) is 2.93. The molecule has 5 rings (SSSR count). The van der Waals surface area contributed by atoms with Crippen LogP contribution in [0.15, 0.2) is 49.2 Å². The largest absolute Gasteiger partial charge is 0.495 e. The Morgan fingerprint density at radius 3 is 2.45 bits per heavy atom. The minimum atomic E-state index is -0.446. The van der Waals surface area contributed by atoms with E-state index in [4.69, 9.17) is 37.7 Å². The number of anilines is 4. The molecule has 1 fully saturated rings. The molecule has 47 heavy (non-hydrogen) atoms. The number of rotatable bonds is 11. The lowest BCUT2D eigenvalue weighted by atomic mass is 9.90. The molecule has 1 aromatic heterocycles. The predicted molar refractivity (Wildman–Crippen MR) is 183 cm³/mol. The second-order valence-corrected chi connectivity index (χ2v) is 12.0. The van der Waals surface area contributed by atoms with Gasteiger partial charge in [-0.05, 0) is 36.6 Å². The second kappa shape index (κ2) is 14.9. The van der Waals surface area contributed by atoms with E-state index in [1.165, 1.54) is 30.1 Å². The van der Waals surface area contributed by atoms with Gasteiger partial charge in [0.15, 0.2) is 0 Å². The molecule has 12 nitrogen and oxygen atoms in total. The van der Waals surface area contributed by atoms with Crippen molar-refractivity contribution in [3.05, 3.63) is 70.4 Å². The zero-order chi connectivity index (χ0) is 33.7. The first-order valence-corrected chi connectivity index (χ1v) is 16.1. The van der Waals surface area contributed by atoms with Gasteiger partial charge in [-0.15, -0.1) is 0 Å². The van der Waals surface area contributed by atoms with Gasteiger partial charge in [-0.2, -0.15) is 4.98 Å². The van der Waals surface area contributed by atoms with Crippen LogP contribution in [0.2, 0.25) is 10.0 Å². The Morgan fingerprint density at radius 1 is 1.09 bits per heavy atom. The van der Waals surface area contributed by atoms with Crippen LogP contribution in [-0.4, -0.2) is 54.1 Å². The summed E-state index contributed by atoms with van der Waals surface area (Å²) in [6, 6.07) is 8.13. The molecular weight excluding hydrogens is 645 g/mol. The molecule has 0 radical (unpaired) electrons. The Balaban J connectivity index is 1.55. The van der Waals surface area contributed by atoms with Gasteiger partial charge in [0, 0.05) is 42.0 Å². The van der Waals surface area contributed by atoms with E-state index in [0.29, 0.717) is 29.4 Å². The van der Waals surface area contributed by atoms with Gasteiger partial charge >= 0.3 is 6.03 Å². The Morgan fingerprint density at radius 2 is 1.79 bits per heavy atom. The lowest BCUT2D eigenvalue weighted by molar-refractivity contribution is -0.117. The van der Waals surface area contributed by atoms with Crippen molar-refractivity contribution in [2.24, 2.45) is 0 Å². The van der Waals surface area contributed by atoms with E-state index >= 15 is 0 Å². The summed E-state index contributed by atoms with van der Waals surface area (Å²) in [6.07, 6.45) is 6.83. The van der Waals surface area contributed by atoms with Crippen LogP contribution in [0.25, 0.3) is 0 Å². The molecule has 2 aromatic carbocycles. The van der Waals surface area contributed by atoms with Crippen LogP contribution in [0.5, 0.6) is 11.5 Å². The van der Waals surface area contributed by atoms with E-state index in [1.807, 2.05) is 18.2 Å². The lowest BCUT2D eigenvalue weighted by Crippen LogP contribution is -2.49. The van der Waals surface area contributed by atoms with Gasteiger partial charge < -0.3 is 25.4 Å². The standard InChI is InChI=1S/C33H37Cl2N7O5/c1-5-26(43)37-21-11-9-10-19(14-21)17-42-31-20(16-36-32(40-31)39-23-13-8-7-12-22(23)38-27(44)6-2)18-41(33(42)45)30-28(34)24(46-3)15-25(47-4)29(30)35/h6,9-11,14-16,22-23H,2,5,7-8,12-13,17-18H2,1,3-4H3,(H,37,43)(H,38,44)(H,36,39,40). The summed E-state index contributed by atoms with van der Waals surface area (Å²) in [4.78, 5) is 51.0. The zero-order valence-electron chi connectivity index (χ0n) is 26.4. The topological polar surface area (TPSA) is 138 Å². The number of hydrogen-bond donors (Lipinski definition) is 3. The summed E-state index contributed by atoms with van der Waals surface area (Å²) in [6.45, 7) is 5.51. The fraction of sp³-hybridized carbons (Fsp3) is 0.364. The van der Waals surface area contributed by atoms with Crippen LogP contribution in [0.1, 0.15) is 50.2 Å². The molecule has 0 spiro atoms. The maximum atomic E-state index is 14.5. The van der Waals surface area contributed by atoms with E-state index in [-0.39, 0.29) is 64.2 Å². The first-order valence-electron chi connectivity index (χ1n) is 15.3. The number of nitrogens with zero attached hydrogens (tertiary/aromatic N) is 4. The number of ether oxygens (including phenoxy) is 2. The number of carbonyl (C=O) groups is 3. The Kier molecular flexibility index (Phi) is 10.7. The SMILES string of the molecule is C=CC(=O)NC1CCCCC1Nc1ncc2c(n1)N(Cc1cccc(NC(=O)CC)c1)C(=O)N(c1c(Cl)c(OC)cc(OC)c1Cl)C2. The van der Waals surface area contributed by atoms with Crippen LogP contribution in [-0.2, 0) is 22.7 Å². The molecule has 1 aliphatic carbocycles. The number of nitrogens with one attached hydrogen (secondary N) is 3. The highest BCUT2D eigenvalue weighted by molar-refractivity contribution is 6.42. The Bertz CT molecular complexity index is 1660. The lowest BCUT2D eigenvalue weighted by Gasteiger charge is -2.37. The first kappa shape index (κ1) is 33.8. The maximum absolute atomic E-state index is 14.5. The third-order valence-corrected chi connectivity index (χ3v) is 8.90. The second-order valence-electron chi connectivity index (χ2n) is 11.2. The Hall–Kier alpha value is -4.55. The van der Waals surface area contributed by atoms with Gasteiger partial charge in [-0.1, -0.05) is 61.7 Å². The Labute approximate surface area is 283 Å². The summed E-state index contributed by atoms with van der Waals surface area (Å²) in [5, 5.41) is 9.54. The first-order chi connectivity index (χ1) is 22.7. The minimum Gasteiger partial charge on any atom is -0.495 e. The van der Waals surface area contributed by atoms with Crippen LogP contribution < -0.4 is 35.2 Å². The number of urea groups is 1. The fourth-order valence-electron chi connectivity index (χ4n) is 5.78. The van der Waals surface area contributed by atoms with E-state index in [0.717, 1.165) is 31.2 Å². The quantitative estimate of drug-likeness (QED) is 0.200. The molecular formula is C33H37Cl2N7O5. The highest BCUT2D eigenvalue weighted by atomic mass is 35.5. The van der Waals surface area contributed by atoms with Crippen molar-refractivity contribution in [1.29, 1.82) is 0 Å². The third kappa shape index (κ3) is 7.39. The number of carbonyl (C=O) groups excluding carboxylic acids is 3. The number of halogens is 2. The molecule has 2 heterocycles.